The Morgan fingerprint density at radius 1 is 1.38 bits per heavy atom. The van der Waals surface area contributed by atoms with E-state index in [4.69, 9.17) is 0 Å². The molecule has 0 radical (unpaired) electrons. The summed E-state index contributed by atoms with van der Waals surface area (Å²) in [6.45, 7) is 1.67. The molecule has 0 aromatic heterocycles. The van der Waals surface area contributed by atoms with Crippen molar-refractivity contribution in [3.63, 3.8) is 0 Å². The quantitative estimate of drug-likeness (QED) is 0.795. The van der Waals surface area contributed by atoms with Crippen LogP contribution in [0.2, 0.25) is 0 Å². The first-order valence-corrected chi connectivity index (χ1v) is 7.43. The molecule has 1 heterocycles. The Kier molecular flexibility index (Phi) is 5.08. The number of hydrogen-bond acceptors (Lipinski definition) is 4. The van der Waals surface area contributed by atoms with E-state index in [1.54, 1.807) is 24.3 Å². The first kappa shape index (κ1) is 15.7. The van der Waals surface area contributed by atoms with E-state index >= 15 is 0 Å². The third kappa shape index (κ3) is 3.89. The average Bonchev–Trinajstić information content (AvgIpc) is 2.46. The van der Waals surface area contributed by atoms with Gasteiger partial charge in [-0.15, -0.1) is 0 Å². The lowest BCUT2D eigenvalue weighted by molar-refractivity contribution is -0.151. The Bertz CT molecular complexity index is 559. The van der Waals surface area contributed by atoms with E-state index in [-0.39, 0.29) is 24.9 Å². The predicted octanol–water partition coefficient (Wildman–Crippen LogP) is 1.12. The fourth-order valence-electron chi connectivity index (χ4n) is 2.07. The summed E-state index contributed by atoms with van der Waals surface area (Å²) in [5.41, 5.74) is 0.616. The summed E-state index contributed by atoms with van der Waals surface area (Å²) in [7, 11) is 0. The molecule has 1 aliphatic rings. The molecular weight excluding hydrogens is 338 g/mol. The molecular formula is C14H16BrN3O3. The second-order valence-electron chi connectivity index (χ2n) is 4.71. The Labute approximate surface area is 131 Å². The van der Waals surface area contributed by atoms with Crippen molar-refractivity contribution >= 4 is 39.3 Å². The Morgan fingerprint density at radius 2 is 2.05 bits per heavy atom. The molecule has 6 nitrogen and oxygen atoms in total. The van der Waals surface area contributed by atoms with Crippen LogP contribution in [-0.2, 0) is 14.4 Å². The van der Waals surface area contributed by atoms with Crippen molar-refractivity contribution in [3.8, 4) is 0 Å². The van der Waals surface area contributed by atoms with Gasteiger partial charge in [0, 0.05) is 10.2 Å². The van der Waals surface area contributed by atoms with Gasteiger partial charge in [-0.25, -0.2) is 0 Å². The molecule has 0 spiro atoms. The van der Waals surface area contributed by atoms with Crippen LogP contribution in [0.4, 0.5) is 5.69 Å². The van der Waals surface area contributed by atoms with Crippen LogP contribution in [-0.4, -0.2) is 41.8 Å². The molecule has 2 N–H and O–H groups in total. The molecule has 2 rings (SSSR count). The van der Waals surface area contributed by atoms with Crippen molar-refractivity contribution in [3.05, 3.63) is 28.7 Å². The summed E-state index contributed by atoms with van der Waals surface area (Å²) in [4.78, 5) is 36.8. The minimum Gasteiger partial charge on any atom is -0.325 e. The number of piperazine rings is 1. The van der Waals surface area contributed by atoms with Gasteiger partial charge in [-0.2, -0.15) is 0 Å². The maximum Gasteiger partial charge on any atom is 0.246 e. The molecule has 1 aromatic rings. The van der Waals surface area contributed by atoms with Crippen LogP contribution in [0.25, 0.3) is 0 Å². The molecule has 1 aromatic carbocycles. The molecule has 1 aliphatic heterocycles. The highest BCUT2D eigenvalue weighted by molar-refractivity contribution is 9.10. The molecule has 1 fully saturated rings. The summed E-state index contributed by atoms with van der Waals surface area (Å²) in [5.74, 6) is -1.12. The van der Waals surface area contributed by atoms with Gasteiger partial charge in [0.05, 0.1) is 12.6 Å². The molecule has 0 saturated carbocycles. The van der Waals surface area contributed by atoms with E-state index in [1.165, 1.54) is 0 Å². The van der Waals surface area contributed by atoms with Crippen molar-refractivity contribution in [2.24, 2.45) is 0 Å². The number of carbonyl (C=O) groups excluding carboxylic acids is 3. The molecule has 7 heteroatoms. The van der Waals surface area contributed by atoms with Crippen molar-refractivity contribution in [2.45, 2.75) is 19.4 Å². The maximum atomic E-state index is 12.1. The lowest BCUT2D eigenvalue weighted by Crippen LogP contribution is -2.59. The summed E-state index contributed by atoms with van der Waals surface area (Å²) in [5, 5.41) is 5.51. The van der Waals surface area contributed by atoms with Crippen molar-refractivity contribution in [1.29, 1.82) is 0 Å². The van der Waals surface area contributed by atoms with Gasteiger partial charge in [-0.05, 0) is 30.7 Å². The number of hydrogen-bond donors (Lipinski definition) is 2. The smallest absolute Gasteiger partial charge is 0.246 e. The van der Waals surface area contributed by atoms with Crippen molar-refractivity contribution < 1.29 is 14.4 Å². The Balaban J connectivity index is 1.99. The predicted molar refractivity (Wildman–Crippen MR) is 81.6 cm³/mol. The fraction of sp³-hybridized carbons (Fsp3) is 0.357. The lowest BCUT2D eigenvalue weighted by atomic mass is 10.1. The van der Waals surface area contributed by atoms with Crippen molar-refractivity contribution in [1.82, 2.24) is 10.2 Å². The highest BCUT2D eigenvalue weighted by atomic mass is 79.9. The molecule has 1 atom stereocenters. The van der Waals surface area contributed by atoms with Gasteiger partial charge in [-0.1, -0.05) is 22.9 Å². The van der Waals surface area contributed by atoms with Crippen LogP contribution in [0, 0.1) is 0 Å². The number of nitrogens with one attached hydrogen (secondary N) is 2. The molecule has 1 unspecified atom stereocenters. The van der Waals surface area contributed by atoms with E-state index in [0.29, 0.717) is 12.1 Å². The first-order chi connectivity index (χ1) is 10.0. The summed E-state index contributed by atoms with van der Waals surface area (Å²) >= 11 is 3.30. The van der Waals surface area contributed by atoms with Gasteiger partial charge in [0.2, 0.25) is 17.7 Å². The van der Waals surface area contributed by atoms with Crippen LogP contribution in [0.5, 0.6) is 0 Å². The number of imide groups is 1. The molecule has 112 valence electrons. The second kappa shape index (κ2) is 6.82. The van der Waals surface area contributed by atoms with Crippen molar-refractivity contribution in [2.75, 3.05) is 18.4 Å². The zero-order valence-electron chi connectivity index (χ0n) is 11.6. The monoisotopic (exact) mass is 353 g/mol. The topological polar surface area (TPSA) is 78.5 Å². The van der Waals surface area contributed by atoms with Gasteiger partial charge in [0.1, 0.15) is 6.54 Å². The minimum atomic E-state index is -0.400. The molecule has 0 aliphatic carbocycles. The first-order valence-electron chi connectivity index (χ1n) is 6.64. The second-order valence-corrected chi connectivity index (χ2v) is 5.63. The molecule has 1 saturated heterocycles. The highest BCUT2D eigenvalue weighted by Gasteiger charge is 2.33. The Hall–Kier alpha value is -1.73. The van der Waals surface area contributed by atoms with Gasteiger partial charge in [-0.3, -0.25) is 24.6 Å². The summed E-state index contributed by atoms with van der Waals surface area (Å²) < 4.78 is 0.902. The largest absolute Gasteiger partial charge is 0.325 e. The number of rotatable bonds is 4. The van der Waals surface area contributed by atoms with Crippen LogP contribution >= 0.6 is 15.9 Å². The number of halogens is 1. The summed E-state index contributed by atoms with van der Waals surface area (Å²) in [6, 6.07) is 6.66. The Morgan fingerprint density at radius 3 is 2.67 bits per heavy atom. The molecule has 21 heavy (non-hydrogen) atoms. The normalized spacial score (nSPS) is 18.8. The number of nitrogens with zero attached hydrogens (tertiary/aromatic N) is 1. The summed E-state index contributed by atoms with van der Waals surface area (Å²) in [6.07, 6.45) is 0.580. The lowest BCUT2D eigenvalue weighted by Gasteiger charge is -2.30. The van der Waals surface area contributed by atoms with Crippen LogP contribution in [0.3, 0.4) is 0 Å². The highest BCUT2D eigenvalue weighted by Crippen LogP contribution is 2.14. The number of anilines is 1. The molecule has 0 bridgehead atoms. The maximum absolute atomic E-state index is 12.1. The third-order valence-corrected chi connectivity index (χ3v) is 3.73. The van der Waals surface area contributed by atoms with Crippen LogP contribution in [0.15, 0.2) is 28.7 Å². The van der Waals surface area contributed by atoms with E-state index in [9.17, 15) is 14.4 Å². The zero-order chi connectivity index (χ0) is 15.4. The molecule has 3 amide bonds. The fourth-order valence-corrected chi connectivity index (χ4v) is 2.33. The number of benzene rings is 1. The number of carbonyl (C=O) groups is 3. The van der Waals surface area contributed by atoms with E-state index in [2.05, 4.69) is 26.6 Å². The van der Waals surface area contributed by atoms with E-state index < -0.39 is 11.9 Å². The SMILES string of the molecule is CCC1NCC(=O)N(CC(=O)Nc2ccc(Br)cc2)C1=O. The number of amides is 3. The van der Waals surface area contributed by atoms with Gasteiger partial charge in [0.25, 0.3) is 0 Å². The average molecular weight is 354 g/mol. The minimum absolute atomic E-state index is 0.0792. The standard InChI is InChI=1S/C14H16BrN3O3/c1-2-11-14(21)18(13(20)7-16-11)8-12(19)17-10-5-3-9(15)4-6-10/h3-6,11,16H,2,7-8H2,1H3,(H,17,19). The zero-order valence-corrected chi connectivity index (χ0v) is 13.1. The third-order valence-electron chi connectivity index (χ3n) is 3.20. The van der Waals surface area contributed by atoms with Gasteiger partial charge in [0.15, 0.2) is 0 Å². The van der Waals surface area contributed by atoms with Crippen LogP contribution in [0.1, 0.15) is 13.3 Å². The van der Waals surface area contributed by atoms with E-state index in [0.717, 1.165) is 9.37 Å². The van der Waals surface area contributed by atoms with E-state index in [1.807, 2.05) is 6.92 Å². The van der Waals surface area contributed by atoms with Gasteiger partial charge < -0.3 is 5.32 Å². The van der Waals surface area contributed by atoms with Gasteiger partial charge >= 0.3 is 0 Å². The van der Waals surface area contributed by atoms with Crippen LogP contribution < -0.4 is 10.6 Å².